The maximum Gasteiger partial charge on any atom is 0.257 e. The molecule has 2 aromatic rings. The van der Waals surface area contributed by atoms with E-state index in [1.54, 1.807) is 29.2 Å². The predicted molar refractivity (Wildman–Crippen MR) is 79.7 cm³/mol. The van der Waals surface area contributed by atoms with E-state index < -0.39 is 0 Å². The van der Waals surface area contributed by atoms with Crippen molar-refractivity contribution < 1.29 is 14.3 Å². The van der Waals surface area contributed by atoms with E-state index in [9.17, 15) is 14.3 Å². The molecule has 1 N–H and O–H groups in total. The van der Waals surface area contributed by atoms with Gasteiger partial charge >= 0.3 is 0 Å². The summed E-state index contributed by atoms with van der Waals surface area (Å²) < 4.78 is 13.2. The first-order valence-corrected chi connectivity index (χ1v) is 6.84. The van der Waals surface area contributed by atoms with E-state index in [-0.39, 0.29) is 23.0 Å². The molecule has 0 aliphatic heterocycles. The summed E-state index contributed by atoms with van der Waals surface area (Å²) in [7, 11) is 0. The molecule has 0 saturated heterocycles. The van der Waals surface area contributed by atoms with Crippen molar-refractivity contribution in [3.63, 3.8) is 0 Å². The highest BCUT2D eigenvalue weighted by Gasteiger charge is 2.18. The molecule has 0 aliphatic rings. The van der Waals surface area contributed by atoms with E-state index in [1.807, 2.05) is 13.8 Å². The van der Waals surface area contributed by atoms with Gasteiger partial charge in [0.05, 0.1) is 5.56 Å². The summed E-state index contributed by atoms with van der Waals surface area (Å²) in [6.07, 6.45) is 0. The van der Waals surface area contributed by atoms with Crippen LogP contribution in [0.5, 0.6) is 5.75 Å². The molecule has 1 amide bonds. The second-order valence-electron chi connectivity index (χ2n) is 4.97. The van der Waals surface area contributed by atoms with E-state index in [2.05, 4.69) is 0 Å². The summed E-state index contributed by atoms with van der Waals surface area (Å²) in [5, 5.41) is 9.85. The maximum atomic E-state index is 13.2. The van der Waals surface area contributed by atoms with Crippen LogP contribution in [0.2, 0.25) is 0 Å². The fourth-order valence-electron chi connectivity index (χ4n) is 2.17. The van der Waals surface area contributed by atoms with Gasteiger partial charge in [-0.3, -0.25) is 4.79 Å². The molecule has 0 heterocycles. The molecule has 0 spiro atoms. The van der Waals surface area contributed by atoms with Crippen LogP contribution in [0, 0.1) is 12.7 Å². The molecule has 0 fully saturated rings. The first-order chi connectivity index (χ1) is 10.0. The third-order valence-electron chi connectivity index (χ3n) is 3.31. The van der Waals surface area contributed by atoms with Crippen LogP contribution in [0.1, 0.15) is 28.4 Å². The average Bonchev–Trinajstić information content (AvgIpc) is 2.46. The Morgan fingerprint density at radius 2 is 2.00 bits per heavy atom. The number of hydrogen-bond donors (Lipinski definition) is 1. The second kappa shape index (κ2) is 6.39. The first kappa shape index (κ1) is 15.0. The van der Waals surface area contributed by atoms with E-state index in [4.69, 9.17) is 0 Å². The molecule has 0 atom stereocenters. The van der Waals surface area contributed by atoms with Crippen LogP contribution in [0.3, 0.4) is 0 Å². The SMILES string of the molecule is CCN(Cc1cccc(F)c1)C(=O)c1cc(C)ccc1O. The van der Waals surface area contributed by atoms with Crippen molar-refractivity contribution in [1.29, 1.82) is 0 Å². The Morgan fingerprint density at radius 3 is 2.67 bits per heavy atom. The zero-order chi connectivity index (χ0) is 15.4. The lowest BCUT2D eigenvalue weighted by Gasteiger charge is -2.21. The van der Waals surface area contributed by atoms with Gasteiger partial charge in [0.25, 0.3) is 5.91 Å². The summed E-state index contributed by atoms with van der Waals surface area (Å²) in [4.78, 5) is 14.1. The van der Waals surface area contributed by atoms with Gasteiger partial charge in [-0.25, -0.2) is 4.39 Å². The zero-order valence-electron chi connectivity index (χ0n) is 12.1. The van der Waals surface area contributed by atoms with Crippen LogP contribution in [0.25, 0.3) is 0 Å². The quantitative estimate of drug-likeness (QED) is 0.935. The molecular weight excluding hydrogens is 269 g/mol. The number of phenols is 1. The normalized spacial score (nSPS) is 10.4. The van der Waals surface area contributed by atoms with Crippen LogP contribution in [0.4, 0.5) is 4.39 Å². The number of amides is 1. The van der Waals surface area contributed by atoms with Gasteiger partial charge in [0.15, 0.2) is 0 Å². The summed E-state index contributed by atoms with van der Waals surface area (Å²) in [5.74, 6) is -0.624. The van der Waals surface area contributed by atoms with Crippen molar-refractivity contribution in [2.24, 2.45) is 0 Å². The third-order valence-corrected chi connectivity index (χ3v) is 3.31. The minimum absolute atomic E-state index is 0.0386. The van der Waals surface area contributed by atoms with Crippen molar-refractivity contribution in [2.75, 3.05) is 6.54 Å². The Kier molecular flexibility index (Phi) is 4.58. The molecular formula is C17H18FNO2. The Balaban J connectivity index is 2.24. The minimum Gasteiger partial charge on any atom is -0.507 e. The lowest BCUT2D eigenvalue weighted by molar-refractivity contribution is 0.0749. The fraction of sp³-hybridized carbons (Fsp3) is 0.235. The first-order valence-electron chi connectivity index (χ1n) is 6.84. The molecule has 0 saturated carbocycles. The number of benzene rings is 2. The van der Waals surface area contributed by atoms with Gasteiger partial charge in [-0.05, 0) is 43.7 Å². The van der Waals surface area contributed by atoms with Crippen molar-refractivity contribution >= 4 is 5.91 Å². The highest BCUT2D eigenvalue weighted by Crippen LogP contribution is 2.21. The van der Waals surface area contributed by atoms with Crippen LogP contribution in [0.15, 0.2) is 42.5 Å². The summed E-state index contributed by atoms with van der Waals surface area (Å²) in [6, 6.07) is 11.1. The van der Waals surface area contributed by atoms with Crippen molar-refractivity contribution in [1.82, 2.24) is 4.90 Å². The molecule has 0 bridgehead atoms. The number of rotatable bonds is 4. The molecule has 0 radical (unpaired) electrons. The number of aryl methyl sites for hydroxylation is 1. The Morgan fingerprint density at radius 1 is 1.24 bits per heavy atom. The van der Waals surface area contributed by atoms with Crippen molar-refractivity contribution in [3.05, 3.63) is 65.0 Å². The van der Waals surface area contributed by atoms with Crippen LogP contribution < -0.4 is 0 Å². The maximum absolute atomic E-state index is 13.2. The van der Waals surface area contributed by atoms with Gasteiger partial charge in [0, 0.05) is 13.1 Å². The number of aromatic hydroxyl groups is 1. The highest BCUT2D eigenvalue weighted by atomic mass is 19.1. The van der Waals surface area contributed by atoms with Gasteiger partial charge in [0.1, 0.15) is 11.6 Å². The number of nitrogens with zero attached hydrogens (tertiary/aromatic N) is 1. The standard InChI is InChI=1S/C17H18FNO2/c1-3-19(11-13-5-4-6-14(18)10-13)17(21)15-9-12(2)7-8-16(15)20/h4-10,20H,3,11H2,1-2H3. The van der Waals surface area contributed by atoms with Gasteiger partial charge < -0.3 is 10.0 Å². The minimum atomic E-state index is -0.325. The van der Waals surface area contributed by atoms with Crippen molar-refractivity contribution in [2.45, 2.75) is 20.4 Å². The summed E-state index contributed by atoms with van der Waals surface area (Å²) in [5.41, 5.74) is 1.89. The molecule has 2 aromatic carbocycles. The Bertz CT molecular complexity index is 655. The molecule has 110 valence electrons. The molecule has 2 rings (SSSR count). The van der Waals surface area contributed by atoms with E-state index >= 15 is 0 Å². The van der Waals surface area contributed by atoms with E-state index in [1.165, 1.54) is 18.2 Å². The number of halogens is 1. The topological polar surface area (TPSA) is 40.5 Å². The van der Waals surface area contributed by atoms with Crippen LogP contribution in [-0.4, -0.2) is 22.5 Å². The second-order valence-corrected chi connectivity index (χ2v) is 4.97. The van der Waals surface area contributed by atoms with Gasteiger partial charge in [-0.1, -0.05) is 23.8 Å². The number of hydrogen-bond acceptors (Lipinski definition) is 2. The number of carbonyl (C=O) groups excluding carboxylic acids is 1. The predicted octanol–water partition coefficient (Wildman–Crippen LogP) is 3.50. The number of carbonyl (C=O) groups is 1. The number of phenolic OH excluding ortho intramolecular Hbond substituents is 1. The molecule has 3 nitrogen and oxygen atoms in total. The molecule has 0 aromatic heterocycles. The van der Waals surface area contributed by atoms with Crippen molar-refractivity contribution in [3.8, 4) is 5.75 Å². The monoisotopic (exact) mass is 287 g/mol. The Hall–Kier alpha value is -2.36. The lowest BCUT2D eigenvalue weighted by Crippen LogP contribution is -2.30. The molecule has 4 heteroatoms. The van der Waals surface area contributed by atoms with Crippen LogP contribution in [-0.2, 0) is 6.54 Å². The van der Waals surface area contributed by atoms with Gasteiger partial charge in [-0.15, -0.1) is 0 Å². The van der Waals surface area contributed by atoms with Gasteiger partial charge in [-0.2, -0.15) is 0 Å². The zero-order valence-corrected chi connectivity index (χ0v) is 12.1. The summed E-state index contributed by atoms with van der Waals surface area (Å²) in [6.45, 7) is 4.49. The van der Waals surface area contributed by atoms with E-state index in [0.29, 0.717) is 13.1 Å². The lowest BCUT2D eigenvalue weighted by atomic mass is 10.1. The molecule has 0 unspecified atom stereocenters. The summed E-state index contributed by atoms with van der Waals surface area (Å²) >= 11 is 0. The van der Waals surface area contributed by atoms with Gasteiger partial charge in [0.2, 0.25) is 0 Å². The van der Waals surface area contributed by atoms with Crippen LogP contribution >= 0.6 is 0 Å². The fourth-order valence-corrected chi connectivity index (χ4v) is 2.17. The average molecular weight is 287 g/mol. The third kappa shape index (κ3) is 3.60. The Labute approximate surface area is 123 Å². The highest BCUT2D eigenvalue weighted by molar-refractivity contribution is 5.97. The molecule has 0 aliphatic carbocycles. The smallest absolute Gasteiger partial charge is 0.257 e. The van der Waals surface area contributed by atoms with E-state index in [0.717, 1.165) is 11.1 Å². The largest absolute Gasteiger partial charge is 0.507 e. The molecule has 21 heavy (non-hydrogen) atoms.